The lowest BCUT2D eigenvalue weighted by atomic mass is 9.99. The Bertz CT molecular complexity index is 475. The van der Waals surface area contributed by atoms with Gasteiger partial charge in [-0.05, 0) is 55.3 Å². The molecule has 0 radical (unpaired) electrons. The highest BCUT2D eigenvalue weighted by molar-refractivity contribution is 7.10. The molecule has 0 amide bonds. The number of rotatable bonds is 7. The van der Waals surface area contributed by atoms with E-state index in [9.17, 15) is 0 Å². The molecule has 1 aromatic heterocycles. The smallest absolute Gasteiger partial charge is 0.0331 e. The number of benzene rings is 1. The minimum absolute atomic E-state index is 0.514. The van der Waals surface area contributed by atoms with E-state index in [-0.39, 0.29) is 0 Å². The van der Waals surface area contributed by atoms with Crippen LogP contribution in [0.15, 0.2) is 41.8 Å². The largest absolute Gasteiger partial charge is 0.310 e. The topological polar surface area (TPSA) is 12.0 Å². The van der Waals surface area contributed by atoms with Crippen LogP contribution in [0.1, 0.15) is 41.8 Å². The Hall–Kier alpha value is -1.12. The fourth-order valence-electron chi connectivity index (χ4n) is 2.53. The van der Waals surface area contributed by atoms with Gasteiger partial charge in [0.1, 0.15) is 0 Å². The summed E-state index contributed by atoms with van der Waals surface area (Å²) in [6, 6.07) is 13.6. The molecule has 1 heterocycles. The summed E-state index contributed by atoms with van der Waals surface area (Å²) >= 11 is 1.85. The molecule has 1 aromatic carbocycles. The van der Waals surface area contributed by atoms with Crippen molar-refractivity contribution >= 4 is 11.3 Å². The number of hydrogen-bond donors (Lipinski definition) is 1. The van der Waals surface area contributed by atoms with Gasteiger partial charge < -0.3 is 5.32 Å². The van der Waals surface area contributed by atoms with Gasteiger partial charge in [-0.25, -0.2) is 0 Å². The molecular weight excluding hydrogens is 250 g/mol. The molecule has 102 valence electrons. The van der Waals surface area contributed by atoms with Crippen LogP contribution in [0.3, 0.4) is 0 Å². The zero-order valence-corrected chi connectivity index (χ0v) is 12.7. The van der Waals surface area contributed by atoms with Gasteiger partial charge in [-0.3, -0.25) is 0 Å². The first-order valence-corrected chi connectivity index (χ1v) is 8.00. The van der Waals surface area contributed by atoms with Crippen molar-refractivity contribution in [2.45, 2.75) is 39.2 Å². The highest BCUT2D eigenvalue weighted by atomic mass is 32.1. The van der Waals surface area contributed by atoms with E-state index >= 15 is 0 Å². The van der Waals surface area contributed by atoms with Crippen LogP contribution in [0, 0.1) is 6.92 Å². The van der Waals surface area contributed by atoms with Gasteiger partial charge in [0.25, 0.3) is 0 Å². The van der Waals surface area contributed by atoms with E-state index < -0.39 is 0 Å². The third kappa shape index (κ3) is 4.19. The van der Waals surface area contributed by atoms with E-state index in [1.54, 1.807) is 0 Å². The lowest BCUT2D eigenvalue weighted by molar-refractivity contribution is 0.497. The van der Waals surface area contributed by atoms with Gasteiger partial charge in [0.15, 0.2) is 0 Å². The Morgan fingerprint density at radius 2 is 1.95 bits per heavy atom. The van der Waals surface area contributed by atoms with Gasteiger partial charge in [-0.15, -0.1) is 11.3 Å². The maximum atomic E-state index is 3.62. The van der Waals surface area contributed by atoms with Crippen molar-refractivity contribution in [1.29, 1.82) is 0 Å². The first-order chi connectivity index (χ1) is 9.31. The average Bonchev–Trinajstić information content (AvgIpc) is 2.85. The van der Waals surface area contributed by atoms with Crippen LogP contribution in [0.5, 0.6) is 0 Å². The van der Waals surface area contributed by atoms with E-state index in [1.807, 2.05) is 11.3 Å². The molecule has 1 atom stereocenters. The molecule has 2 rings (SSSR count). The molecule has 1 unspecified atom stereocenters. The predicted molar refractivity (Wildman–Crippen MR) is 84.9 cm³/mol. The Kier molecular flexibility index (Phi) is 5.62. The molecule has 0 saturated carbocycles. The monoisotopic (exact) mass is 273 g/mol. The van der Waals surface area contributed by atoms with Crippen molar-refractivity contribution in [2.75, 3.05) is 6.54 Å². The van der Waals surface area contributed by atoms with Gasteiger partial charge in [-0.1, -0.05) is 37.3 Å². The Balaban J connectivity index is 1.89. The second kappa shape index (κ2) is 7.46. The van der Waals surface area contributed by atoms with Crippen molar-refractivity contribution in [3.63, 3.8) is 0 Å². The van der Waals surface area contributed by atoms with Gasteiger partial charge in [0.05, 0.1) is 0 Å². The number of nitrogens with one attached hydrogen (secondary N) is 1. The number of hydrogen-bond acceptors (Lipinski definition) is 2. The van der Waals surface area contributed by atoms with Crippen molar-refractivity contribution in [3.8, 4) is 0 Å². The normalized spacial score (nSPS) is 12.5. The quantitative estimate of drug-likeness (QED) is 0.769. The minimum Gasteiger partial charge on any atom is -0.310 e. The van der Waals surface area contributed by atoms with E-state index in [1.165, 1.54) is 35.3 Å². The minimum atomic E-state index is 0.514. The van der Waals surface area contributed by atoms with Crippen molar-refractivity contribution < 1.29 is 0 Å². The summed E-state index contributed by atoms with van der Waals surface area (Å²) in [7, 11) is 0. The van der Waals surface area contributed by atoms with Crippen LogP contribution in [0.4, 0.5) is 0 Å². The summed E-state index contributed by atoms with van der Waals surface area (Å²) in [6.07, 6.45) is 3.61. The summed E-state index contributed by atoms with van der Waals surface area (Å²) < 4.78 is 0. The van der Waals surface area contributed by atoms with E-state index in [2.05, 4.69) is 60.9 Å². The van der Waals surface area contributed by atoms with Crippen LogP contribution >= 0.6 is 11.3 Å². The molecule has 0 fully saturated rings. The fourth-order valence-corrected chi connectivity index (χ4v) is 3.29. The molecule has 19 heavy (non-hydrogen) atoms. The van der Waals surface area contributed by atoms with E-state index in [0.29, 0.717) is 6.04 Å². The average molecular weight is 273 g/mol. The van der Waals surface area contributed by atoms with E-state index in [0.717, 1.165) is 6.54 Å². The second-order valence-corrected chi connectivity index (χ2v) is 6.04. The molecule has 1 N–H and O–H groups in total. The lowest BCUT2D eigenvalue weighted by Crippen LogP contribution is -2.21. The standard InChI is InChI=1S/C17H23NS/c1-3-18-17(16-12-13-19-14(16)2)11-7-10-15-8-5-4-6-9-15/h4-6,8-9,12-13,17-18H,3,7,10-11H2,1-2H3. The Morgan fingerprint density at radius 3 is 2.58 bits per heavy atom. The highest BCUT2D eigenvalue weighted by Crippen LogP contribution is 2.26. The zero-order chi connectivity index (χ0) is 13.5. The maximum absolute atomic E-state index is 3.62. The molecule has 2 aromatic rings. The first kappa shape index (κ1) is 14.3. The first-order valence-electron chi connectivity index (χ1n) is 7.12. The highest BCUT2D eigenvalue weighted by Gasteiger charge is 2.13. The summed E-state index contributed by atoms with van der Waals surface area (Å²) in [6.45, 7) is 5.44. The molecule has 0 saturated heterocycles. The summed E-state index contributed by atoms with van der Waals surface area (Å²) in [5, 5.41) is 5.82. The van der Waals surface area contributed by atoms with E-state index in [4.69, 9.17) is 0 Å². The van der Waals surface area contributed by atoms with Crippen LogP contribution in [0.2, 0.25) is 0 Å². The van der Waals surface area contributed by atoms with Crippen LogP contribution in [-0.4, -0.2) is 6.54 Å². The second-order valence-electron chi connectivity index (χ2n) is 4.92. The molecule has 0 spiro atoms. The van der Waals surface area contributed by atoms with Gasteiger partial charge >= 0.3 is 0 Å². The predicted octanol–water partition coefficient (Wildman–Crippen LogP) is 4.73. The summed E-state index contributed by atoms with van der Waals surface area (Å²) in [4.78, 5) is 1.45. The third-order valence-corrected chi connectivity index (χ3v) is 4.39. The molecule has 0 aliphatic rings. The van der Waals surface area contributed by atoms with Gasteiger partial charge in [0.2, 0.25) is 0 Å². The van der Waals surface area contributed by atoms with Crippen LogP contribution in [0.25, 0.3) is 0 Å². The molecular formula is C17H23NS. The number of aryl methyl sites for hydroxylation is 2. The zero-order valence-electron chi connectivity index (χ0n) is 11.9. The van der Waals surface area contributed by atoms with Crippen molar-refractivity contribution in [2.24, 2.45) is 0 Å². The van der Waals surface area contributed by atoms with Gasteiger partial charge in [0, 0.05) is 10.9 Å². The Morgan fingerprint density at radius 1 is 1.16 bits per heavy atom. The van der Waals surface area contributed by atoms with Crippen LogP contribution in [-0.2, 0) is 6.42 Å². The SMILES string of the molecule is CCNC(CCCc1ccccc1)c1ccsc1C. The number of thiophene rings is 1. The lowest BCUT2D eigenvalue weighted by Gasteiger charge is -2.18. The van der Waals surface area contributed by atoms with Crippen LogP contribution < -0.4 is 5.32 Å². The van der Waals surface area contributed by atoms with Gasteiger partial charge in [-0.2, -0.15) is 0 Å². The molecule has 0 bridgehead atoms. The summed E-state index contributed by atoms with van der Waals surface area (Å²) in [5.74, 6) is 0. The Labute approximate surface area is 120 Å². The van der Waals surface area contributed by atoms with Crippen molar-refractivity contribution in [3.05, 3.63) is 57.8 Å². The fraction of sp³-hybridized carbons (Fsp3) is 0.412. The maximum Gasteiger partial charge on any atom is 0.0331 e. The molecule has 0 aliphatic carbocycles. The molecule has 2 heteroatoms. The van der Waals surface area contributed by atoms with Crippen molar-refractivity contribution in [1.82, 2.24) is 5.32 Å². The third-order valence-electron chi connectivity index (χ3n) is 3.53. The molecule has 0 aliphatic heterocycles. The molecule has 1 nitrogen and oxygen atoms in total. The summed E-state index contributed by atoms with van der Waals surface area (Å²) in [5.41, 5.74) is 2.93.